The van der Waals surface area contributed by atoms with Gasteiger partial charge < -0.3 is 18.9 Å². The van der Waals surface area contributed by atoms with Gasteiger partial charge in [-0.05, 0) is 55.7 Å². The van der Waals surface area contributed by atoms with Gasteiger partial charge in [0.1, 0.15) is 17.5 Å². The Morgan fingerprint density at radius 2 is 1.86 bits per heavy atom. The normalized spacial score (nSPS) is 16.5. The van der Waals surface area contributed by atoms with E-state index in [-0.39, 0.29) is 11.9 Å². The monoisotopic (exact) mass is 393 g/mol. The predicted octanol–water partition coefficient (Wildman–Crippen LogP) is 4.12. The molecule has 7 heteroatoms. The number of carbonyl (C=O) groups excluding carboxylic acids is 1. The van der Waals surface area contributed by atoms with Crippen LogP contribution in [0.15, 0.2) is 53.1 Å². The number of methoxy groups -OCH3 is 2. The molecule has 0 bridgehead atoms. The lowest BCUT2D eigenvalue weighted by molar-refractivity contribution is 0.0561. The number of carbonyl (C=O) groups is 1. The second-order valence-corrected chi connectivity index (χ2v) is 6.93. The average Bonchev–Trinajstić information content (AvgIpc) is 3.29. The summed E-state index contributed by atoms with van der Waals surface area (Å²) in [4.78, 5) is 19.5. The number of nitrogens with zero attached hydrogens (tertiary/aromatic N) is 3. The number of hydrogen-bond acceptors (Lipinski definition) is 6. The molecule has 1 amide bonds. The minimum atomic E-state index is -0.231. The van der Waals surface area contributed by atoms with Crippen LogP contribution in [0.3, 0.4) is 0 Å². The zero-order chi connectivity index (χ0) is 20.2. The minimum Gasteiger partial charge on any atom is -0.497 e. The van der Waals surface area contributed by atoms with Gasteiger partial charge in [0.05, 0.1) is 14.2 Å². The highest BCUT2D eigenvalue weighted by molar-refractivity contribution is 5.94. The van der Waals surface area contributed by atoms with Gasteiger partial charge in [-0.1, -0.05) is 17.3 Å². The Bertz CT molecular complexity index is 984. The Labute approximate surface area is 169 Å². The standard InChI is InChI=1S/C22H23N3O4/c1-27-17-11-9-15(10-12-17)22(26)25-13-4-3-8-19(25)21-23-20(24-29-21)16-6-5-7-18(14-16)28-2/h5-7,9-12,14,19H,3-4,8,13H2,1-2H3. The first-order valence-electron chi connectivity index (χ1n) is 9.62. The number of benzene rings is 2. The van der Waals surface area contributed by atoms with E-state index in [2.05, 4.69) is 10.1 Å². The van der Waals surface area contributed by atoms with Crippen molar-refractivity contribution < 1.29 is 18.8 Å². The molecule has 1 unspecified atom stereocenters. The van der Waals surface area contributed by atoms with Crippen LogP contribution in [0.4, 0.5) is 0 Å². The first kappa shape index (κ1) is 19.0. The van der Waals surface area contributed by atoms with E-state index in [1.807, 2.05) is 29.2 Å². The number of aromatic nitrogens is 2. The van der Waals surface area contributed by atoms with Crippen molar-refractivity contribution in [2.45, 2.75) is 25.3 Å². The second kappa shape index (κ2) is 8.34. The molecule has 1 aliphatic rings. The number of piperidine rings is 1. The summed E-state index contributed by atoms with van der Waals surface area (Å²) in [7, 11) is 3.22. The predicted molar refractivity (Wildman–Crippen MR) is 107 cm³/mol. The molecule has 4 rings (SSSR count). The summed E-state index contributed by atoms with van der Waals surface area (Å²) in [6.45, 7) is 0.659. The fourth-order valence-corrected chi connectivity index (χ4v) is 3.58. The molecule has 1 saturated heterocycles. The summed E-state index contributed by atoms with van der Waals surface area (Å²) in [6.07, 6.45) is 2.75. The van der Waals surface area contributed by atoms with Gasteiger partial charge in [-0.3, -0.25) is 4.79 Å². The molecule has 2 heterocycles. The minimum absolute atomic E-state index is 0.0431. The summed E-state index contributed by atoms with van der Waals surface area (Å²) in [5, 5.41) is 4.13. The van der Waals surface area contributed by atoms with Crippen molar-refractivity contribution in [3.05, 3.63) is 60.0 Å². The fraction of sp³-hybridized carbons (Fsp3) is 0.318. The quantitative estimate of drug-likeness (QED) is 0.649. The third-order valence-corrected chi connectivity index (χ3v) is 5.16. The van der Waals surface area contributed by atoms with E-state index in [9.17, 15) is 4.79 Å². The van der Waals surface area contributed by atoms with Crippen molar-refractivity contribution >= 4 is 5.91 Å². The molecule has 0 radical (unpaired) electrons. The topological polar surface area (TPSA) is 77.7 Å². The van der Waals surface area contributed by atoms with Crippen LogP contribution in [0.25, 0.3) is 11.4 Å². The van der Waals surface area contributed by atoms with E-state index in [1.165, 1.54) is 0 Å². The third-order valence-electron chi connectivity index (χ3n) is 5.16. The van der Waals surface area contributed by atoms with Crippen molar-refractivity contribution in [2.75, 3.05) is 20.8 Å². The molecule has 0 saturated carbocycles. The maximum Gasteiger partial charge on any atom is 0.254 e. The van der Waals surface area contributed by atoms with Gasteiger partial charge in [0.2, 0.25) is 11.7 Å². The Balaban J connectivity index is 1.59. The van der Waals surface area contributed by atoms with Gasteiger partial charge in [-0.25, -0.2) is 0 Å². The van der Waals surface area contributed by atoms with Crippen molar-refractivity contribution in [1.29, 1.82) is 0 Å². The first-order valence-corrected chi connectivity index (χ1v) is 9.62. The summed E-state index contributed by atoms with van der Waals surface area (Å²) in [6, 6.07) is 14.4. The molecule has 3 aromatic rings. The molecule has 1 aliphatic heterocycles. The van der Waals surface area contributed by atoms with E-state index >= 15 is 0 Å². The molecule has 1 aromatic heterocycles. The van der Waals surface area contributed by atoms with Crippen molar-refractivity contribution in [1.82, 2.24) is 15.0 Å². The lowest BCUT2D eigenvalue weighted by Gasteiger charge is -2.33. The third kappa shape index (κ3) is 3.94. The number of amides is 1. The molecule has 0 aliphatic carbocycles. The molecule has 29 heavy (non-hydrogen) atoms. The van der Waals surface area contributed by atoms with Crippen LogP contribution >= 0.6 is 0 Å². The Hall–Kier alpha value is -3.35. The van der Waals surface area contributed by atoms with Gasteiger partial charge in [-0.15, -0.1) is 0 Å². The largest absolute Gasteiger partial charge is 0.497 e. The van der Waals surface area contributed by atoms with Crippen LogP contribution in [-0.4, -0.2) is 41.7 Å². The van der Waals surface area contributed by atoms with Crippen molar-refractivity contribution in [2.24, 2.45) is 0 Å². The highest BCUT2D eigenvalue weighted by Crippen LogP contribution is 2.33. The SMILES string of the molecule is COc1ccc(C(=O)N2CCCCC2c2nc(-c3cccc(OC)c3)no2)cc1. The van der Waals surface area contributed by atoms with Crippen LogP contribution in [0.5, 0.6) is 11.5 Å². The number of likely N-dealkylation sites (tertiary alicyclic amines) is 1. The molecule has 2 aromatic carbocycles. The molecular weight excluding hydrogens is 370 g/mol. The molecule has 7 nitrogen and oxygen atoms in total. The molecule has 0 spiro atoms. The van der Waals surface area contributed by atoms with Gasteiger partial charge >= 0.3 is 0 Å². The van der Waals surface area contributed by atoms with Crippen molar-refractivity contribution in [3.8, 4) is 22.9 Å². The second-order valence-electron chi connectivity index (χ2n) is 6.93. The molecule has 1 atom stereocenters. The zero-order valence-corrected chi connectivity index (χ0v) is 16.5. The summed E-state index contributed by atoms with van der Waals surface area (Å²) in [5.74, 6) is 2.35. The summed E-state index contributed by atoms with van der Waals surface area (Å²) >= 11 is 0. The maximum absolute atomic E-state index is 13.1. The Morgan fingerprint density at radius 3 is 2.62 bits per heavy atom. The number of rotatable bonds is 5. The van der Waals surface area contributed by atoms with Gasteiger partial charge in [0.15, 0.2) is 0 Å². The maximum atomic E-state index is 13.1. The fourth-order valence-electron chi connectivity index (χ4n) is 3.58. The van der Waals surface area contributed by atoms with Crippen LogP contribution < -0.4 is 9.47 Å². The highest BCUT2D eigenvalue weighted by atomic mass is 16.5. The van der Waals surface area contributed by atoms with Crippen LogP contribution in [0, 0.1) is 0 Å². The lowest BCUT2D eigenvalue weighted by atomic mass is 10.0. The summed E-state index contributed by atoms with van der Waals surface area (Å²) in [5.41, 5.74) is 1.42. The van der Waals surface area contributed by atoms with Gasteiger partial charge in [-0.2, -0.15) is 4.98 Å². The van der Waals surface area contributed by atoms with Gasteiger partial charge in [0.25, 0.3) is 5.91 Å². The zero-order valence-electron chi connectivity index (χ0n) is 16.5. The smallest absolute Gasteiger partial charge is 0.254 e. The van der Waals surface area contributed by atoms with E-state index in [0.717, 1.165) is 36.3 Å². The van der Waals surface area contributed by atoms with Gasteiger partial charge in [0, 0.05) is 17.7 Å². The Morgan fingerprint density at radius 1 is 1.07 bits per heavy atom. The average molecular weight is 393 g/mol. The Kier molecular flexibility index (Phi) is 5.46. The van der Waals surface area contributed by atoms with Crippen molar-refractivity contribution in [3.63, 3.8) is 0 Å². The van der Waals surface area contributed by atoms with Crippen LogP contribution in [-0.2, 0) is 0 Å². The van der Waals surface area contributed by atoms with E-state index in [4.69, 9.17) is 14.0 Å². The molecule has 0 N–H and O–H groups in total. The van der Waals surface area contributed by atoms with Crippen LogP contribution in [0.1, 0.15) is 41.6 Å². The van der Waals surface area contributed by atoms with E-state index in [1.54, 1.807) is 38.5 Å². The molecular formula is C22H23N3O4. The molecule has 150 valence electrons. The number of hydrogen-bond donors (Lipinski definition) is 0. The van der Waals surface area contributed by atoms with E-state index < -0.39 is 0 Å². The number of ether oxygens (including phenoxy) is 2. The molecule has 1 fully saturated rings. The lowest BCUT2D eigenvalue weighted by Crippen LogP contribution is -2.38. The highest BCUT2D eigenvalue weighted by Gasteiger charge is 2.32. The van der Waals surface area contributed by atoms with Crippen LogP contribution in [0.2, 0.25) is 0 Å². The first-order chi connectivity index (χ1) is 14.2. The summed E-state index contributed by atoms with van der Waals surface area (Å²) < 4.78 is 16.0. The van der Waals surface area contributed by atoms with E-state index in [0.29, 0.717) is 23.8 Å².